The van der Waals surface area contributed by atoms with Gasteiger partial charge in [0.2, 0.25) is 0 Å². The van der Waals surface area contributed by atoms with E-state index in [9.17, 15) is 5.11 Å². The zero-order chi connectivity index (χ0) is 12.6. The Morgan fingerprint density at radius 2 is 2.00 bits per heavy atom. The van der Waals surface area contributed by atoms with Gasteiger partial charge in [-0.25, -0.2) is 0 Å². The summed E-state index contributed by atoms with van der Waals surface area (Å²) < 4.78 is 4.96. The van der Waals surface area contributed by atoms with Crippen LogP contribution in [0.25, 0.3) is 0 Å². The Morgan fingerprint density at radius 3 is 2.59 bits per heavy atom. The number of hydrogen-bond acceptors (Lipinski definition) is 3. The Balaban J connectivity index is 2.45. The molecule has 0 spiro atoms. The summed E-state index contributed by atoms with van der Waals surface area (Å²) in [4.78, 5) is 0. The number of rotatable bonds is 8. The second-order valence-electron chi connectivity index (χ2n) is 4.41. The fourth-order valence-corrected chi connectivity index (χ4v) is 1.78. The van der Waals surface area contributed by atoms with E-state index in [0.29, 0.717) is 19.6 Å². The van der Waals surface area contributed by atoms with Crippen molar-refractivity contribution in [3.8, 4) is 0 Å². The third-order valence-electron chi connectivity index (χ3n) is 2.97. The van der Waals surface area contributed by atoms with E-state index >= 15 is 0 Å². The summed E-state index contributed by atoms with van der Waals surface area (Å²) in [5, 5.41) is 13.7. The zero-order valence-corrected chi connectivity index (χ0v) is 10.8. The highest BCUT2D eigenvalue weighted by molar-refractivity contribution is 5.17. The molecule has 0 aromatic heterocycles. The topological polar surface area (TPSA) is 41.5 Å². The van der Waals surface area contributed by atoms with Crippen LogP contribution in [-0.2, 0) is 11.2 Å². The maximum atomic E-state index is 10.5. The summed E-state index contributed by atoms with van der Waals surface area (Å²) in [6.07, 6.45) is 1.42. The second-order valence-corrected chi connectivity index (χ2v) is 4.41. The summed E-state index contributed by atoms with van der Waals surface area (Å²) in [7, 11) is 1.68. The molecule has 0 aliphatic rings. The highest BCUT2D eigenvalue weighted by Crippen LogP contribution is 2.16. The molecule has 1 atom stereocenters. The third kappa shape index (κ3) is 5.31. The average Bonchev–Trinajstić information content (AvgIpc) is 2.36. The minimum absolute atomic E-state index is 0.599. The molecule has 1 aromatic rings. The van der Waals surface area contributed by atoms with Crippen molar-refractivity contribution in [3.63, 3.8) is 0 Å². The smallest absolute Gasteiger partial charge is 0.0809 e. The van der Waals surface area contributed by atoms with Crippen molar-refractivity contribution in [2.45, 2.75) is 25.4 Å². The van der Waals surface area contributed by atoms with Crippen molar-refractivity contribution < 1.29 is 9.84 Å². The van der Waals surface area contributed by atoms with Gasteiger partial charge in [-0.15, -0.1) is 0 Å². The summed E-state index contributed by atoms with van der Waals surface area (Å²) in [5.74, 6) is 0. The third-order valence-corrected chi connectivity index (χ3v) is 2.97. The number of methoxy groups -OCH3 is 1. The van der Waals surface area contributed by atoms with E-state index in [0.717, 1.165) is 13.0 Å². The first-order valence-corrected chi connectivity index (χ1v) is 6.16. The van der Waals surface area contributed by atoms with Gasteiger partial charge >= 0.3 is 0 Å². The van der Waals surface area contributed by atoms with Crippen molar-refractivity contribution in [2.24, 2.45) is 0 Å². The van der Waals surface area contributed by atoms with E-state index in [2.05, 4.69) is 17.4 Å². The summed E-state index contributed by atoms with van der Waals surface area (Å²) >= 11 is 0. The van der Waals surface area contributed by atoms with Crippen molar-refractivity contribution in [1.29, 1.82) is 0 Å². The maximum Gasteiger partial charge on any atom is 0.0809 e. The molecule has 1 unspecified atom stereocenters. The molecule has 96 valence electrons. The van der Waals surface area contributed by atoms with Crippen LogP contribution in [0.2, 0.25) is 0 Å². The molecule has 0 saturated carbocycles. The van der Waals surface area contributed by atoms with Crippen LogP contribution in [0.15, 0.2) is 30.3 Å². The van der Waals surface area contributed by atoms with Crippen molar-refractivity contribution in [2.75, 3.05) is 26.8 Å². The molecule has 0 fully saturated rings. The highest BCUT2D eigenvalue weighted by atomic mass is 16.5. The van der Waals surface area contributed by atoms with Crippen molar-refractivity contribution >= 4 is 0 Å². The molecule has 1 rings (SSSR count). The Bertz CT molecular complexity index is 302. The van der Waals surface area contributed by atoms with E-state index in [1.165, 1.54) is 5.56 Å². The lowest BCUT2D eigenvalue weighted by molar-refractivity contribution is 0.0352. The summed E-state index contributed by atoms with van der Waals surface area (Å²) in [6, 6.07) is 10.1. The molecular weight excluding hydrogens is 214 g/mol. The van der Waals surface area contributed by atoms with Gasteiger partial charge in [-0.3, -0.25) is 0 Å². The number of ether oxygens (including phenoxy) is 1. The number of benzene rings is 1. The zero-order valence-electron chi connectivity index (χ0n) is 10.8. The lowest BCUT2D eigenvalue weighted by Gasteiger charge is -2.27. The van der Waals surface area contributed by atoms with Crippen molar-refractivity contribution in [1.82, 2.24) is 5.32 Å². The van der Waals surface area contributed by atoms with E-state index in [1.807, 2.05) is 25.1 Å². The van der Waals surface area contributed by atoms with Crippen molar-refractivity contribution in [3.05, 3.63) is 35.9 Å². The second kappa shape index (κ2) is 7.43. The largest absolute Gasteiger partial charge is 0.388 e. The Kier molecular flexibility index (Phi) is 6.19. The quantitative estimate of drug-likeness (QED) is 0.675. The van der Waals surface area contributed by atoms with Gasteiger partial charge in [0.05, 0.1) is 12.2 Å². The molecule has 3 nitrogen and oxygen atoms in total. The molecule has 0 aliphatic carbocycles. The summed E-state index contributed by atoms with van der Waals surface area (Å²) in [5.41, 5.74) is 0.500. The van der Waals surface area contributed by atoms with Crippen LogP contribution in [0, 0.1) is 0 Å². The first-order valence-electron chi connectivity index (χ1n) is 6.16. The first kappa shape index (κ1) is 14.2. The standard InChI is InChI=1S/C14H23NO2/c1-3-14(16,12-15-9-10-17-2)11-13-7-5-4-6-8-13/h4-8,15-16H,3,9-12H2,1-2H3. The van der Waals surface area contributed by atoms with Gasteiger partial charge < -0.3 is 15.2 Å². The normalized spacial score (nSPS) is 14.5. The van der Waals surface area contributed by atoms with Crippen LogP contribution in [-0.4, -0.2) is 37.5 Å². The van der Waals surface area contributed by atoms with E-state index in [1.54, 1.807) is 7.11 Å². The van der Waals surface area contributed by atoms with Crippen LogP contribution in [0.3, 0.4) is 0 Å². The minimum atomic E-state index is -0.672. The molecule has 0 saturated heterocycles. The lowest BCUT2D eigenvalue weighted by atomic mass is 9.92. The molecular formula is C14H23NO2. The fraction of sp³-hybridized carbons (Fsp3) is 0.571. The number of nitrogens with one attached hydrogen (secondary N) is 1. The molecule has 3 heteroatoms. The Hall–Kier alpha value is -0.900. The van der Waals surface area contributed by atoms with E-state index < -0.39 is 5.60 Å². The Morgan fingerprint density at radius 1 is 1.29 bits per heavy atom. The number of hydrogen-bond donors (Lipinski definition) is 2. The molecule has 1 aromatic carbocycles. The van der Waals surface area contributed by atoms with Gasteiger partial charge in [0.15, 0.2) is 0 Å². The molecule has 0 aliphatic heterocycles. The highest BCUT2D eigenvalue weighted by Gasteiger charge is 2.24. The van der Waals surface area contributed by atoms with Gasteiger partial charge in [-0.05, 0) is 12.0 Å². The molecule has 0 amide bonds. The maximum absolute atomic E-state index is 10.5. The van der Waals surface area contributed by atoms with Crippen LogP contribution in [0.4, 0.5) is 0 Å². The first-order chi connectivity index (χ1) is 8.20. The molecule has 0 heterocycles. The van der Waals surface area contributed by atoms with Crippen LogP contribution in [0.5, 0.6) is 0 Å². The Labute approximate surface area is 104 Å². The monoisotopic (exact) mass is 237 g/mol. The van der Waals surface area contributed by atoms with Gasteiger partial charge in [-0.2, -0.15) is 0 Å². The molecule has 0 radical (unpaired) electrons. The SMILES string of the molecule is CCC(O)(CNCCOC)Cc1ccccc1. The lowest BCUT2D eigenvalue weighted by Crippen LogP contribution is -2.42. The minimum Gasteiger partial charge on any atom is -0.388 e. The molecule has 17 heavy (non-hydrogen) atoms. The van der Waals surface area contributed by atoms with Gasteiger partial charge in [-0.1, -0.05) is 37.3 Å². The summed E-state index contributed by atoms with van der Waals surface area (Å²) in [6.45, 7) is 4.06. The average molecular weight is 237 g/mol. The van der Waals surface area contributed by atoms with Crippen LogP contribution < -0.4 is 5.32 Å². The van der Waals surface area contributed by atoms with Crippen LogP contribution >= 0.6 is 0 Å². The fourth-order valence-electron chi connectivity index (χ4n) is 1.78. The van der Waals surface area contributed by atoms with Crippen LogP contribution in [0.1, 0.15) is 18.9 Å². The van der Waals surface area contributed by atoms with Gasteiger partial charge in [0, 0.05) is 26.6 Å². The molecule has 2 N–H and O–H groups in total. The van der Waals surface area contributed by atoms with E-state index in [4.69, 9.17) is 4.74 Å². The predicted octanol–water partition coefficient (Wildman–Crippen LogP) is 1.61. The molecule has 0 bridgehead atoms. The predicted molar refractivity (Wildman–Crippen MR) is 70.1 cm³/mol. The van der Waals surface area contributed by atoms with Gasteiger partial charge in [0.25, 0.3) is 0 Å². The van der Waals surface area contributed by atoms with Gasteiger partial charge in [0.1, 0.15) is 0 Å². The van der Waals surface area contributed by atoms with E-state index in [-0.39, 0.29) is 0 Å². The number of aliphatic hydroxyl groups is 1.